The minimum atomic E-state index is -0.896. The summed E-state index contributed by atoms with van der Waals surface area (Å²) in [5.41, 5.74) is -0.0935. The quantitative estimate of drug-likeness (QED) is 0.930. The Bertz CT molecular complexity index is 798. The zero-order chi connectivity index (χ0) is 16.6. The summed E-state index contributed by atoms with van der Waals surface area (Å²) in [6.45, 7) is 3.87. The Morgan fingerprint density at radius 1 is 1.57 bits per heavy atom. The van der Waals surface area contributed by atoms with Crippen LogP contribution in [0.4, 0.5) is 4.39 Å². The molecule has 1 amide bonds. The molecule has 8 heteroatoms. The maximum Gasteiger partial charge on any atom is 0.293 e. The zero-order valence-electron chi connectivity index (χ0n) is 12.9. The number of carbonyl (C=O) groups is 1. The first-order valence-electron chi connectivity index (χ1n) is 7.54. The van der Waals surface area contributed by atoms with Crippen molar-refractivity contribution in [1.29, 1.82) is 0 Å². The molecule has 1 atom stereocenters. The summed E-state index contributed by atoms with van der Waals surface area (Å²) in [6, 6.07) is 1.22. The summed E-state index contributed by atoms with van der Waals surface area (Å²) in [5.74, 6) is -0.735. The Kier molecular flexibility index (Phi) is 3.97. The smallest absolute Gasteiger partial charge is 0.293 e. The van der Waals surface area contributed by atoms with Crippen LogP contribution < -0.4 is 5.56 Å². The third-order valence-electron chi connectivity index (χ3n) is 4.01. The monoisotopic (exact) mass is 320 g/mol. The van der Waals surface area contributed by atoms with Gasteiger partial charge in [0.2, 0.25) is 11.6 Å². The molecule has 2 aromatic heterocycles. The number of likely N-dealkylation sites (tertiary alicyclic amines) is 1. The van der Waals surface area contributed by atoms with Crippen molar-refractivity contribution >= 4 is 5.91 Å². The van der Waals surface area contributed by atoms with Crippen LogP contribution in [0.15, 0.2) is 15.4 Å². The first kappa shape index (κ1) is 15.4. The molecule has 23 heavy (non-hydrogen) atoms. The average Bonchev–Trinajstić information content (AvgIpc) is 3.20. The van der Waals surface area contributed by atoms with Crippen molar-refractivity contribution in [3.8, 4) is 0 Å². The first-order chi connectivity index (χ1) is 11.0. The predicted molar refractivity (Wildman–Crippen MR) is 78.4 cm³/mol. The Balaban J connectivity index is 1.91. The van der Waals surface area contributed by atoms with Crippen LogP contribution in [-0.4, -0.2) is 32.5 Å². The Morgan fingerprint density at radius 3 is 3.00 bits per heavy atom. The van der Waals surface area contributed by atoms with E-state index < -0.39 is 17.4 Å². The number of amides is 1. The van der Waals surface area contributed by atoms with Crippen molar-refractivity contribution in [3.05, 3.63) is 45.2 Å². The second-order valence-corrected chi connectivity index (χ2v) is 5.54. The molecular weight excluding hydrogens is 303 g/mol. The number of aromatic amines is 1. The van der Waals surface area contributed by atoms with Gasteiger partial charge in [-0.25, -0.2) is 4.98 Å². The first-order valence-corrected chi connectivity index (χ1v) is 7.54. The predicted octanol–water partition coefficient (Wildman–Crippen LogP) is 1.75. The lowest BCUT2D eigenvalue weighted by Gasteiger charge is -2.22. The van der Waals surface area contributed by atoms with Gasteiger partial charge in [-0.3, -0.25) is 9.59 Å². The molecular formula is C15H17FN4O3. The van der Waals surface area contributed by atoms with Crippen LogP contribution in [0.1, 0.15) is 53.6 Å². The third-order valence-corrected chi connectivity index (χ3v) is 4.01. The van der Waals surface area contributed by atoms with Crippen LogP contribution in [0.3, 0.4) is 0 Å². The maximum absolute atomic E-state index is 13.5. The number of rotatable bonds is 3. The Hall–Kier alpha value is -2.51. The highest BCUT2D eigenvalue weighted by Crippen LogP contribution is 2.31. The molecule has 1 aliphatic rings. The van der Waals surface area contributed by atoms with Crippen LogP contribution in [0, 0.1) is 12.7 Å². The second-order valence-electron chi connectivity index (χ2n) is 5.54. The van der Waals surface area contributed by atoms with E-state index in [4.69, 9.17) is 4.52 Å². The van der Waals surface area contributed by atoms with Crippen molar-refractivity contribution in [1.82, 2.24) is 20.0 Å². The number of aryl methyl sites for hydroxylation is 2. The molecule has 1 N–H and O–H groups in total. The molecule has 0 spiro atoms. The normalized spacial score (nSPS) is 17.7. The summed E-state index contributed by atoms with van der Waals surface area (Å²) in [6.07, 6.45) is 2.09. The Labute approximate surface area is 131 Å². The highest BCUT2D eigenvalue weighted by atomic mass is 19.1. The summed E-state index contributed by atoms with van der Waals surface area (Å²) >= 11 is 0. The van der Waals surface area contributed by atoms with Crippen LogP contribution in [0.5, 0.6) is 0 Å². The second kappa shape index (κ2) is 5.94. The number of hydrogen-bond donors (Lipinski definition) is 1. The van der Waals surface area contributed by atoms with E-state index in [1.54, 1.807) is 11.0 Å². The van der Waals surface area contributed by atoms with E-state index in [-0.39, 0.29) is 17.4 Å². The minimum absolute atomic E-state index is 0.0241. The zero-order valence-corrected chi connectivity index (χ0v) is 12.9. The van der Waals surface area contributed by atoms with Crippen LogP contribution >= 0.6 is 0 Å². The van der Waals surface area contributed by atoms with E-state index >= 15 is 0 Å². The number of halogens is 1. The van der Waals surface area contributed by atoms with Gasteiger partial charge in [0.05, 0.1) is 17.4 Å². The highest BCUT2D eigenvalue weighted by molar-refractivity contribution is 5.91. The van der Waals surface area contributed by atoms with Crippen molar-refractivity contribution in [2.45, 2.75) is 39.2 Å². The van der Waals surface area contributed by atoms with Gasteiger partial charge in [-0.1, -0.05) is 12.1 Å². The minimum Gasteiger partial charge on any atom is -0.351 e. The molecule has 1 saturated heterocycles. The van der Waals surface area contributed by atoms with Crippen LogP contribution in [-0.2, 0) is 6.42 Å². The number of nitrogens with zero attached hydrogens (tertiary/aromatic N) is 3. The fourth-order valence-electron chi connectivity index (χ4n) is 2.77. The summed E-state index contributed by atoms with van der Waals surface area (Å²) < 4.78 is 18.5. The molecule has 122 valence electrons. The van der Waals surface area contributed by atoms with Crippen molar-refractivity contribution < 1.29 is 13.7 Å². The molecule has 7 nitrogen and oxygen atoms in total. The van der Waals surface area contributed by atoms with E-state index in [1.807, 2.05) is 6.92 Å². The van der Waals surface area contributed by atoms with Crippen LogP contribution in [0.2, 0.25) is 0 Å². The topological polar surface area (TPSA) is 92.1 Å². The standard InChI is InChI=1S/C15H17FN4O3/c1-3-9-7-11(23-19-9)15(22)20-6-4-5-10(20)13-17-8(2)12(16)14(21)18-13/h7,10H,3-6H2,1-2H3,(H,17,18,21)/t10-/m0/s1. The van der Waals surface area contributed by atoms with E-state index in [1.165, 1.54) is 6.92 Å². The lowest BCUT2D eigenvalue weighted by Crippen LogP contribution is -2.32. The highest BCUT2D eigenvalue weighted by Gasteiger charge is 2.34. The van der Waals surface area contributed by atoms with Gasteiger partial charge in [-0.15, -0.1) is 0 Å². The molecule has 3 rings (SSSR count). The van der Waals surface area contributed by atoms with Gasteiger partial charge in [0.1, 0.15) is 5.82 Å². The van der Waals surface area contributed by atoms with Crippen molar-refractivity contribution in [2.24, 2.45) is 0 Å². The number of carbonyl (C=O) groups excluding carboxylic acids is 1. The number of H-pyrrole nitrogens is 1. The van der Waals surface area contributed by atoms with Crippen LogP contribution in [0.25, 0.3) is 0 Å². The fraction of sp³-hybridized carbons (Fsp3) is 0.467. The molecule has 0 bridgehead atoms. The van der Waals surface area contributed by atoms with E-state index in [0.717, 1.165) is 6.42 Å². The molecule has 3 heterocycles. The molecule has 0 radical (unpaired) electrons. The summed E-state index contributed by atoms with van der Waals surface area (Å²) in [5, 5.41) is 3.82. The number of aromatic nitrogens is 3. The Morgan fingerprint density at radius 2 is 2.35 bits per heavy atom. The number of nitrogens with one attached hydrogen (secondary N) is 1. The summed E-state index contributed by atoms with van der Waals surface area (Å²) in [7, 11) is 0. The molecule has 0 saturated carbocycles. The van der Waals surface area contributed by atoms with Gasteiger partial charge in [-0.2, -0.15) is 4.39 Å². The van der Waals surface area contributed by atoms with Gasteiger partial charge in [-0.05, 0) is 26.2 Å². The molecule has 0 unspecified atom stereocenters. The van der Waals surface area contributed by atoms with Gasteiger partial charge in [0.25, 0.3) is 11.5 Å². The molecule has 1 fully saturated rings. The van der Waals surface area contributed by atoms with Gasteiger partial charge >= 0.3 is 0 Å². The van der Waals surface area contributed by atoms with E-state index in [2.05, 4.69) is 15.1 Å². The van der Waals surface area contributed by atoms with Gasteiger partial charge < -0.3 is 14.4 Å². The van der Waals surface area contributed by atoms with Gasteiger partial charge in [0.15, 0.2) is 0 Å². The molecule has 0 aliphatic carbocycles. The lowest BCUT2D eigenvalue weighted by molar-refractivity contribution is 0.0687. The van der Waals surface area contributed by atoms with E-state index in [0.29, 0.717) is 30.9 Å². The number of hydrogen-bond acceptors (Lipinski definition) is 5. The average molecular weight is 320 g/mol. The van der Waals surface area contributed by atoms with Gasteiger partial charge in [0, 0.05) is 12.6 Å². The van der Waals surface area contributed by atoms with E-state index in [9.17, 15) is 14.0 Å². The summed E-state index contributed by atoms with van der Waals surface area (Å²) in [4.78, 5) is 32.3. The lowest BCUT2D eigenvalue weighted by atomic mass is 10.2. The molecule has 2 aromatic rings. The fourth-order valence-corrected chi connectivity index (χ4v) is 2.77. The molecule has 1 aliphatic heterocycles. The largest absolute Gasteiger partial charge is 0.351 e. The maximum atomic E-state index is 13.5. The molecule has 0 aromatic carbocycles. The SMILES string of the molecule is CCc1cc(C(=O)N2CCC[C@H]2c2nc(C)c(F)c(=O)[nH]2)on1. The van der Waals surface area contributed by atoms with Crippen molar-refractivity contribution in [2.75, 3.05) is 6.54 Å². The van der Waals surface area contributed by atoms with Crippen molar-refractivity contribution in [3.63, 3.8) is 0 Å². The third kappa shape index (κ3) is 2.76.